The number of aromatic amines is 1. The van der Waals surface area contributed by atoms with Crippen LogP contribution in [-0.2, 0) is 4.74 Å². The van der Waals surface area contributed by atoms with Gasteiger partial charge in [0.2, 0.25) is 0 Å². The minimum atomic E-state index is -0.687. The maximum Gasteiger partial charge on any atom is 0.343 e. The fourth-order valence-electron chi connectivity index (χ4n) is 4.58. The van der Waals surface area contributed by atoms with E-state index in [9.17, 15) is 14.7 Å². The van der Waals surface area contributed by atoms with E-state index in [1.165, 1.54) is 13.2 Å². The Labute approximate surface area is 208 Å². The predicted octanol–water partition coefficient (Wildman–Crippen LogP) is 4.39. The molecule has 1 amide bonds. The SMILES string of the molecule is COC(=O)c1c(O)ccc(NC(=O)c2ccc3cc[nH]c3c2)c1NC1CCN(c2ccncc2)CC1. The highest BCUT2D eigenvalue weighted by atomic mass is 16.5. The van der Waals surface area contributed by atoms with Gasteiger partial charge in [0.15, 0.2) is 0 Å². The topological polar surface area (TPSA) is 120 Å². The van der Waals surface area contributed by atoms with Gasteiger partial charge in [0.25, 0.3) is 5.91 Å². The molecule has 1 aliphatic heterocycles. The molecule has 0 aliphatic carbocycles. The van der Waals surface area contributed by atoms with E-state index >= 15 is 0 Å². The number of amides is 1. The van der Waals surface area contributed by atoms with Crippen molar-refractivity contribution in [2.45, 2.75) is 18.9 Å². The number of fused-ring (bicyclic) bond motifs is 1. The lowest BCUT2D eigenvalue weighted by Gasteiger charge is -2.35. The molecule has 9 nitrogen and oxygen atoms in total. The van der Waals surface area contributed by atoms with Crippen LogP contribution in [0.25, 0.3) is 10.9 Å². The lowest BCUT2D eigenvalue weighted by molar-refractivity contribution is 0.0598. The van der Waals surface area contributed by atoms with Crippen LogP contribution in [0, 0.1) is 0 Å². The summed E-state index contributed by atoms with van der Waals surface area (Å²) in [6, 6.07) is 14.3. The fraction of sp³-hybridized carbons (Fsp3) is 0.222. The van der Waals surface area contributed by atoms with Crippen molar-refractivity contribution in [2.24, 2.45) is 0 Å². The van der Waals surface area contributed by atoms with Crippen LogP contribution in [0.2, 0.25) is 0 Å². The van der Waals surface area contributed by atoms with Crippen LogP contribution < -0.4 is 15.5 Å². The summed E-state index contributed by atoms with van der Waals surface area (Å²) in [4.78, 5) is 35.2. The Morgan fingerprint density at radius 2 is 1.86 bits per heavy atom. The molecule has 3 heterocycles. The smallest absolute Gasteiger partial charge is 0.343 e. The molecule has 2 aromatic carbocycles. The molecular formula is C27H27N5O4. The molecule has 9 heteroatoms. The molecule has 0 bridgehead atoms. The highest BCUT2D eigenvalue weighted by Crippen LogP contribution is 2.36. The van der Waals surface area contributed by atoms with Gasteiger partial charge in [0, 0.05) is 54.5 Å². The molecular weight excluding hydrogens is 458 g/mol. The number of ether oxygens (including phenoxy) is 1. The summed E-state index contributed by atoms with van der Waals surface area (Å²) in [6.07, 6.45) is 6.97. The van der Waals surface area contributed by atoms with Crippen molar-refractivity contribution in [3.05, 3.63) is 78.2 Å². The zero-order valence-electron chi connectivity index (χ0n) is 19.8. The summed E-state index contributed by atoms with van der Waals surface area (Å²) in [5.74, 6) is -1.24. The number of hydrogen-bond donors (Lipinski definition) is 4. The van der Waals surface area contributed by atoms with Crippen molar-refractivity contribution in [3.63, 3.8) is 0 Å². The monoisotopic (exact) mass is 485 g/mol. The first kappa shape index (κ1) is 23.2. The number of rotatable bonds is 6. The van der Waals surface area contributed by atoms with Gasteiger partial charge in [-0.15, -0.1) is 0 Å². The van der Waals surface area contributed by atoms with E-state index in [2.05, 4.69) is 25.5 Å². The van der Waals surface area contributed by atoms with E-state index in [4.69, 9.17) is 4.74 Å². The summed E-state index contributed by atoms with van der Waals surface area (Å²) in [7, 11) is 1.26. The van der Waals surface area contributed by atoms with Gasteiger partial charge >= 0.3 is 5.97 Å². The molecule has 4 N–H and O–H groups in total. The molecule has 1 fully saturated rings. The lowest BCUT2D eigenvalue weighted by Crippen LogP contribution is -2.39. The van der Waals surface area contributed by atoms with Gasteiger partial charge in [-0.1, -0.05) is 6.07 Å². The molecule has 0 atom stereocenters. The largest absolute Gasteiger partial charge is 0.507 e. The van der Waals surface area contributed by atoms with Crippen molar-refractivity contribution < 1.29 is 19.4 Å². The number of pyridine rings is 1. The summed E-state index contributed by atoms with van der Waals surface area (Å²) < 4.78 is 4.94. The molecule has 4 aromatic rings. The summed E-state index contributed by atoms with van der Waals surface area (Å²) >= 11 is 0. The molecule has 0 unspecified atom stereocenters. The molecule has 2 aromatic heterocycles. The average Bonchev–Trinajstić information content (AvgIpc) is 3.39. The van der Waals surface area contributed by atoms with Crippen molar-refractivity contribution in [2.75, 3.05) is 35.7 Å². The molecule has 1 aliphatic rings. The second-order valence-corrected chi connectivity index (χ2v) is 8.72. The maximum atomic E-state index is 13.1. The first-order chi connectivity index (χ1) is 17.5. The van der Waals surface area contributed by atoms with E-state index in [0.29, 0.717) is 16.9 Å². The Morgan fingerprint density at radius 3 is 2.61 bits per heavy atom. The molecule has 0 spiro atoms. The normalized spacial score (nSPS) is 14.0. The number of H-pyrrole nitrogens is 1. The fourth-order valence-corrected chi connectivity index (χ4v) is 4.58. The van der Waals surface area contributed by atoms with Gasteiger partial charge in [0.1, 0.15) is 11.3 Å². The number of carbonyl (C=O) groups is 2. The molecule has 0 radical (unpaired) electrons. The number of esters is 1. The number of aromatic nitrogens is 2. The minimum absolute atomic E-state index is 0.00770. The van der Waals surface area contributed by atoms with E-state index in [0.717, 1.165) is 42.5 Å². The number of nitrogens with one attached hydrogen (secondary N) is 3. The van der Waals surface area contributed by atoms with Crippen LogP contribution in [-0.4, -0.2) is 53.2 Å². The molecule has 36 heavy (non-hydrogen) atoms. The van der Waals surface area contributed by atoms with E-state index in [-0.39, 0.29) is 23.3 Å². The van der Waals surface area contributed by atoms with Crippen LogP contribution in [0.5, 0.6) is 5.75 Å². The number of aromatic hydroxyl groups is 1. The Kier molecular flexibility index (Phi) is 6.44. The molecule has 1 saturated heterocycles. The van der Waals surface area contributed by atoms with Gasteiger partial charge in [-0.25, -0.2) is 4.79 Å². The van der Waals surface area contributed by atoms with Crippen LogP contribution in [0.4, 0.5) is 17.1 Å². The second-order valence-electron chi connectivity index (χ2n) is 8.72. The highest BCUT2D eigenvalue weighted by molar-refractivity contribution is 6.10. The Bertz CT molecular complexity index is 1390. The highest BCUT2D eigenvalue weighted by Gasteiger charge is 2.26. The average molecular weight is 486 g/mol. The van der Waals surface area contributed by atoms with Gasteiger partial charge in [-0.05, 0) is 60.7 Å². The minimum Gasteiger partial charge on any atom is -0.507 e. The summed E-state index contributed by atoms with van der Waals surface area (Å²) in [5.41, 5.74) is 3.16. The Morgan fingerprint density at radius 1 is 1.08 bits per heavy atom. The number of phenols is 1. The number of nitrogens with zero attached hydrogens (tertiary/aromatic N) is 2. The van der Waals surface area contributed by atoms with Gasteiger partial charge in [-0.3, -0.25) is 9.78 Å². The zero-order valence-corrected chi connectivity index (χ0v) is 19.8. The number of piperidine rings is 1. The lowest BCUT2D eigenvalue weighted by atomic mass is 10.0. The van der Waals surface area contributed by atoms with Crippen LogP contribution in [0.15, 0.2) is 67.1 Å². The Balaban J connectivity index is 1.39. The molecule has 5 rings (SSSR count). The van der Waals surface area contributed by atoms with Crippen LogP contribution in [0.3, 0.4) is 0 Å². The standard InChI is InChI=1S/C27H27N5O4/c1-36-27(35)24-23(33)5-4-21(31-26(34)18-3-2-17-6-13-29-22(17)16-18)25(24)30-19-9-14-32(15-10-19)20-7-11-28-12-8-20/h2-8,11-13,16,19,29-30,33H,9-10,14-15H2,1H3,(H,31,34). The first-order valence-electron chi connectivity index (χ1n) is 11.8. The van der Waals surface area contributed by atoms with E-state index in [1.807, 2.05) is 30.5 Å². The number of methoxy groups -OCH3 is 1. The van der Waals surface area contributed by atoms with Gasteiger partial charge in [-0.2, -0.15) is 0 Å². The molecule has 0 saturated carbocycles. The van der Waals surface area contributed by atoms with Crippen molar-refractivity contribution in [3.8, 4) is 5.75 Å². The first-order valence-corrected chi connectivity index (χ1v) is 11.8. The van der Waals surface area contributed by atoms with E-state index in [1.54, 1.807) is 30.6 Å². The third kappa shape index (κ3) is 4.68. The number of hydrogen-bond acceptors (Lipinski definition) is 7. The predicted molar refractivity (Wildman–Crippen MR) is 139 cm³/mol. The van der Waals surface area contributed by atoms with Crippen LogP contribution in [0.1, 0.15) is 33.6 Å². The number of anilines is 3. The third-order valence-electron chi connectivity index (χ3n) is 6.51. The van der Waals surface area contributed by atoms with Gasteiger partial charge in [0.05, 0.1) is 18.5 Å². The second kappa shape index (κ2) is 9.99. The van der Waals surface area contributed by atoms with Crippen molar-refractivity contribution in [1.82, 2.24) is 9.97 Å². The third-order valence-corrected chi connectivity index (χ3v) is 6.51. The van der Waals surface area contributed by atoms with Gasteiger partial charge < -0.3 is 30.4 Å². The van der Waals surface area contributed by atoms with Crippen molar-refractivity contribution in [1.29, 1.82) is 0 Å². The Hall–Kier alpha value is -4.53. The quantitative estimate of drug-likeness (QED) is 0.236. The number of carbonyl (C=O) groups excluding carboxylic acids is 2. The number of phenolic OH excluding ortho intramolecular Hbond substituents is 1. The van der Waals surface area contributed by atoms with Crippen molar-refractivity contribution >= 4 is 39.8 Å². The molecule has 184 valence electrons. The van der Waals surface area contributed by atoms with E-state index < -0.39 is 5.97 Å². The summed E-state index contributed by atoms with van der Waals surface area (Å²) in [6.45, 7) is 1.62. The summed E-state index contributed by atoms with van der Waals surface area (Å²) in [5, 5.41) is 17.8. The van der Waals surface area contributed by atoms with Crippen LogP contribution >= 0.6 is 0 Å². The maximum absolute atomic E-state index is 13.1. The zero-order chi connectivity index (χ0) is 25.1. The number of benzene rings is 2.